The largest absolute Gasteiger partial charge is 0.416 e. The molecule has 2 aliphatic rings. The molecule has 2 N–H and O–H groups in total. The van der Waals surface area contributed by atoms with E-state index >= 15 is 0 Å². The van der Waals surface area contributed by atoms with Crippen LogP contribution in [-0.4, -0.2) is 44.5 Å². The summed E-state index contributed by atoms with van der Waals surface area (Å²) in [5.74, 6) is -0.884. The summed E-state index contributed by atoms with van der Waals surface area (Å²) in [6.45, 7) is 2.73. The maximum Gasteiger partial charge on any atom is 0.416 e. The number of ether oxygens (including phenoxy) is 2. The number of quaternary nitrogens is 1. The summed E-state index contributed by atoms with van der Waals surface area (Å²) in [5, 5.41) is 2.55. The van der Waals surface area contributed by atoms with Crippen LogP contribution in [0.4, 0.5) is 18.9 Å². The first kappa shape index (κ1) is 18.4. The number of halogens is 4. The Morgan fingerprint density at radius 1 is 1.24 bits per heavy atom. The molecule has 0 unspecified atom stereocenters. The Morgan fingerprint density at radius 2 is 1.88 bits per heavy atom. The average molecular weight is 380 g/mol. The van der Waals surface area contributed by atoms with Crippen LogP contribution >= 0.6 is 11.6 Å². The SMILES string of the molecule is O=C(C[NH+]1CCC2(CC1)OCCO2)Nc1cc(C(F)(F)F)ccc1Cl. The summed E-state index contributed by atoms with van der Waals surface area (Å²) < 4.78 is 49.6. The van der Waals surface area contributed by atoms with E-state index in [0.717, 1.165) is 23.1 Å². The molecule has 1 spiro atoms. The lowest BCUT2D eigenvalue weighted by molar-refractivity contribution is -0.900. The molecule has 2 heterocycles. The van der Waals surface area contributed by atoms with E-state index in [1.165, 1.54) is 0 Å². The lowest BCUT2D eigenvalue weighted by Gasteiger charge is -2.34. The Bertz CT molecular complexity index is 638. The Morgan fingerprint density at radius 3 is 2.48 bits per heavy atom. The van der Waals surface area contributed by atoms with Crippen molar-refractivity contribution < 1.29 is 32.3 Å². The van der Waals surface area contributed by atoms with E-state index in [9.17, 15) is 18.0 Å². The minimum atomic E-state index is -4.49. The maximum absolute atomic E-state index is 12.8. The van der Waals surface area contributed by atoms with Crippen LogP contribution in [0.15, 0.2) is 18.2 Å². The van der Waals surface area contributed by atoms with Gasteiger partial charge in [0.05, 0.1) is 55.4 Å². The first-order valence-corrected chi connectivity index (χ1v) is 8.43. The van der Waals surface area contributed by atoms with Gasteiger partial charge in [-0.05, 0) is 18.2 Å². The average Bonchev–Trinajstić information content (AvgIpc) is 2.99. The van der Waals surface area contributed by atoms with Crippen molar-refractivity contribution in [1.29, 1.82) is 0 Å². The monoisotopic (exact) mass is 379 g/mol. The Hall–Kier alpha value is -1.35. The third-order valence-corrected chi connectivity index (χ3v) is 4.84. The van der Waals surface area contributed by atoms with E-state index in [1.807, 2.05) is 0 Å². The maximum atomic E-state index is 12.8. The summed E-state index contributed by atoms with van der Waals surface area (Å²) in [5.41, 5.74) is -0.883. The molecule has 1 aromatic carbocycles. The molecule has 5 nitrogen and oxygen atoms in total. The third kappa shape index (κ3) is 4.44. The highest BCUT2D eigenvalue weighted by atomic mass is 35.5. The molecule has 25 heavy (non-hydrogen) atoms. The molecule has 0 aliphatic carbocycles. The number of carbonyl (C=O) groups excluding carboxylic acids is 1. The molecular formula is C16H19ClF3N2O3+. The number of amides is 1. The van der Waals surface area contributed by atoms with Crippen molar-refractivity contribution in [2.75, 3.05) is 38.2 Å². The van der Waals surface area contributed by atoms with Crippen molar-refractivity contribution in [3.63, 3.8) is 0 Å². The minimum Gasteiger partial charge on any atom is -0.347 e. The van der Waals surface area contributed by atoms with Gasteiger partial charge in [0.25, 0.3) is 5.91 Å². The van der Waals surface area contributed by atoms with E-state index in [-0.39, 0.29) is 23.2 Å². The number of piperidine rings is 1. The third-order valence-electron chi connectivity index (χ3n) is 4.51. The predicted molar refractivity (Wildman–Crippen MR) is 84.5 cm³/mol. The first-order chi connectivity index (χ1) is 11.8. The summed E-state index contributed by atoms with van der Waals surface area (Å²) in [7, 11) is 0. The van der Waals surface area contributed by atoms with Crippen molar-refractivity contribution in [3.05, 3.63) is 28.8 Å². The number of anilines is 1. The van der Waals surface area contributed by atoms with E-state index < -0.39 is 17.5 Å². The van der Waals surface area contributed by atoms with Gasteiger partial charge in [-0.1, -0.05) is 11.6 Å². The van der Waals surface area contributed by atoms with Gasteiger partial charge in [-0.2, -0.15) is 13.2 Å². The van der Waals surface area contributed by atoms with Gasteiger partial charge in [-0.3, -0.25) is 4.79 Å². The zero-order chi connectivity index (χ0) is 18.1. The molecular weight excluding hydrogens is 361 g/mol. The second-order valence-corrected chi connectivity index (χ2v) is 6.68. The van der Waals surface area contributed by atoms with Gasteiger partial charge in [0.2, 0.25) is 0 Å². The standard InChI is InChI=1S/C16H18ClF3N2O3/c17-12-2-1-11(16(18,19)20)9-13(12)21-14(23)10-22-5-3-15(4-6-22)24-7-8-25-15/h1-2,9H,3-8,10H2,(H,21,23)/p+1. The van der Waals surface area contributed by atoms with E-state index in [1.54, 1.807) is 0 Å². The van der Waals surface area contributed by atoms with Crippen LogP contribution in [0.25, 0.3) is 0 Å². The molecule has 1 aromatic rings. The fraction of sp³-hybridized carbons (Fsp3) is 0.562. The molecule has 2 aliphatic heterocycles. The number of carbonyl (C=O) groups is 1. The summed E-state index contributed by atoms with van der Waals surface area (Å²) >= 11 is 5.89. The topological polar surface area (TPSA) is 52.0 Å². The van der Waals surface area contributed by atoms with Gasteiger partial charge in [0.1, 0.15) is 0 Å². The predicted octanol–water partition coefficient (Wildman–Crippen LogP) is 1.72. The lowest BCUT2D eigenvalue weighted by atomic mass is 10.0. The molecule has 0 aromatic heterocycles. The number of nitrogens with one attached hydrogen (secondary N) is 2. The highest BCUT2D eigenvalue weighted by molar-refractivity contribution is 6.33. The summed E-state index contributed by atoms with van der Waals surface area (Å²) in [4.78, 5) is 13.2. The highest BCUT2D eigenvalue weighted by Crippen LogP contribution is 2.33. The number of likely N-dealkylation sites (tertiary alicyclic amines) is 1. The van der Waals surface area contributed by atoms with E-state index in [0.29, 0.717) is 39.1 Å². The molecule has 0 radical (unpaired) electrons. The molecule has 0 bridgehead atoms. The second kappa shape index (κ2) is 7.11. The number of rotatable bonds is 3. The molecule has 0 saturated carbocycles. The fourth-order valence-corrected chi connectivity index (χ4v) is 3.33. The van der Waals surface area contributed by atoms with Crippen LogP contribution < -0.4 is 10.2 Å². The lowest BCUT2D eigenvalue weighted by Crippen LogP contribution is -3.14. The van der Waals surface area contributed by atoms with Crippen LogP contribution in [0, 0.1) is 0 Å². The summed E-state index contributed by atoms with van der Waals surface area (Å²) in [6, 6.07) is 2.86. The molecule has 0 atom stereocenters. The minimum absolute atomic E-state index is 0.0307. The molecule has 2 fully saturated rings. The smallest absolute Gasteiger partial charge is 0.347 e. The van der Waals surface area contributed by atoms with Crippen molar-refractivity contribution in [2.45, 2.75) is 24.8 Å². The van der Waals surface area contributed by atoms with Gasteiger partial charge in [-0.15, -0.1) is 0 Å². The number of alkyl halides is 3. The van der Waals surface area contributed by atoms with Gasteiger partial charge in [-0.25, -0.2) is 0 Å². The fourth-order valence-electron chi connectivity index (χ4n) is 3.17. The van der Waals surface area contributed by atoms with Crippen LogP contribution in [0.2, 0.25) is 5.02 Å². The molecule has 2 saturated heterocycles. The Balaban J connectivity index is 1.56. The molecule has 9 heteroatoms. The highest BCUT2D eigenvalue weighted by Gasteiger charge is 2.42. The van der Waals surface area contributed by atoms with Gasteiger partial charge in [0.15, 0.2) is 12.3 Å². The number of hydrogen-bond donors (Lipinski definition) is 2. The zero-order valence-corrected chi connectivity index (χ0v) is 14.2. The molecule has 138 valence electrons. The number of hydrogen-bond acceptors (Lipinski definition) is 3. The number of benzene rings is 1. The normalized spacial score (nSPS) is 20.8. The van der Waals surface area contributed by atoms with Crippen LogP contribution in [0.3, 0.4) is 0 Å². The van der Waals surface area contributed by atoms with Crippen molar-refractivity contribution in [2.24, 2.45) is 0 Å². The molecule has 3 rings (SSSR count). The van der Waals surface area contributed by atoms with E-state index in [4.69, 9.17) is 21.1 Å². The quantitative estimate of drug-likeness (QED) is 0.841. The van der Waals surface area contributed by atoms with Gasteiger partial charge >= 0.3 is 6.18 Å². The Labute approximate surface area is 148 Å². The van der Waals surface area contributed by atoms with Crippen molar-refractivity contribution >= 4 is 23.2 Å². The van der Waals surface area contributed by atoms with Gasteiger partial charge in [0, 0.05) is 0 Å². The second-order valence-electron chi connectivity index (χ2n) is 6.27. The van der Waals surface area contributed by atoms with Crippen molar-refractivity contribution in [1.82, 2.24) is 0 Å². The molecule has 1 amide bonds. The zero-order valence-electron chi connectivity index (χ0n) is 13.4. The van der Waals surface area contributed by atoms with Crippen LogP contribution in [0.1, 0.15) is 18.4 Å². The summed E-state index contributed by atoms with van der Waals surface area (Å²) in [6.07, 6.45) is -3.10. The first-order valence-electron chi connectivity index (χ1n) is 8.06. The van der Waals surface area contributed by atoms with Gasteiger partial charge < -0.3 is 19.7 Å². The van der Waals surface area contributed by atoms with Crippen LogP contribution in [0.5, 0.6) is 0 Å². The van der Waals surface area contributed by atoms with E-state index in [2.05, 4.69) is 5.32 Å². The van der Waals surface area contributed by atoms with Crippen LogP contribution in [-0.2, 0) is 20.4 Å². The van der Waals surface area contributed by atoms with Crippen molar-refractivity contribution in [3.8, 4) is 0 Å². The Kier molecular flexibility index (Phi) is 5.24.